The van der Waals surface area contributed by atoms with Gasteiger partial charge in [0.15, 0.2) is 5.75 Å². The maximum Gasteiger partial charge on any atom is 0.514 e. The number of benzene rings is 1. The van der Waals surface area contributed by atoms with Gasteiger partial charge >= 0.3 is 12.1 Å². The molecule has 0 unspecified atom stereocenters. The summed E-state index contributed by atoms with van der Waals surface area (Å²) in [6.45, 7) is 0.743. The van der Waals surface area contributed by atoms with E-state index < -0.39 is 23.7 Å². The molecule has 1 aromatic heterocycles. The van der Waals surface area contributed by atoms with Crippen molar-refractivity contribution in [2.24, 2.45) is 0 Å². The van der Waals surface area contributed by atoms with Crippen molar-refractivity contribution in [1.82, 2.24) is 4.98 Å². The SMILES string of the molecule is Cc1nc2c(c(-c3ccccc3[N+](=O)[O-])c1OC(=O)OCCO)C(=O)OC2. The Morgan fingerprint density at radius 3 is 2.81 bits per heavy atom. The number of nitro benzene ring substituents is 1. The molecule has 2 heterocycles. The second kappa shape index (κ2) is 7.38. The maximum atomic E-state index is 12.2. The van der Waals surface area contributed by atoms with Gasteiger partial charge in [0.05, 0.1) is 39.6 Å². The molecule has 0 saturated carbocycles. The van der Waals surface area contributed by atoms with Crippen molar-refractivity contribution in [2.45, 2.75) is 13.5 Å². The lowest BCUT2D eigenvalue weighted by atomic mass is 9.96. The van der Waals surface area contributed by atoms with E-state index in [1.807, 2.05) is 0 Å². The van der Waals surface area contributed by atoms with Crippen LogP contribution in [0.1, 0.15) is 21.7 Å². The van der Waals surface area contributed by atoms with Crippen LogP contribution < -0.4 is 4.74 Å². The van der Waals surface area contributed by atoms with Crippen molar-refractivity contribution >= 4 is 17.8 Å². The molecule has 0 atom stereocenters. The first-order valence-corrected chi connectivity index (χ1v) is 7.84. The molecule has 0 saturated heterocycles. The Kier molecular flexibility index (Phi) is 4.99. The Bertz CT molecular complexity index is 941. The Hall–Kier alpha value is -3.53. The second-order valence-electron chi connectivity index (χ2n) is 5.50. The zero-order chi connectivity index (χ0) is 19.6. The number of hydrogen-bond donors (Lipinski definition) is 1. The van der Waals surface area contributed by atoms with Crippen LogP contribution in [0.15, 0.2) is 24.3 Å². The number of carbonyl (C=O) groups is 2. The lowest BCUT2D eigenvalue weighted by molar-refractivity contribution is -0.384. The normalized spacial score (nSPS) is 12.3. The molecule has 0 aliphatic carbocycles. The maximum absolute atomic E-state index is 12.2. The fourth-order valence-electron chi connectivity index (χ4n) is 2.75. The van der Waals surface area contributed by atoms with E-state index in [2.05, 4.69) is 9.72 Å². The first-order valence-electron chi connectivity index (χ1n) is 7.84. The number of para-hydroxylation sites is 1. The number of nitrogens with zero attached hydrogens (tertiary/aromatic N) is 2. The Morgan fingerprint density at radius 2 is 2.11 bits per heavy atom. The monoisotopic (exact) mass is 374 g/mol. The number of rotatable bonds is 5. The standard InChI is InChI=1S/C17H14N2O8/c1-9-15(27-17(22)25-7-6-20)13(14-11(18-9)8-26-16(14)21)10-4-2-3-5-12(10)19(23)24/h2-5,20H,6-8H2,1H3. The summed E-state index contributed by atoms with van der Waals surface area (Å²) in [6.07, 6.45) is -1.14. The van der Waals surface area contributed by atoms with Gasteiger partial charge in [0.25, 0.3) is 5.69 Å². The van der Waals surface area contributed by atoms with Crippen LogP contribution in [0, 0.1) is 17.0 Å². The van der Waals surface area contributed by atoms with Gasteiger partial charge in [-0.25, -0.2) is 14.6 Å². The highest BCUT2D eigenvalue weighted by Gasteiger charge is 2.34. The van der Waals surface area contributed by atoms with Crippen LogP contribution in [-0.2, 0) is 16.1 Å². The molecule has 10 heteroatoms. The van der Waals surface area contributed by atoms with Crippen LogP contribution in [0.5, 0.6) is 5.75 Å². The first-order chi connectivity index (χ1) is 12.9. The summed E-state index contributed by atoms with van der Waals surface area (Å²) in [5, 5.41) is 20.2. The minimum Gasteiger partial charge on any atom is -0.455 e. The molecule has 10 nitrogen and oxygen atoms in total. The number of aliphatic hydroxyl groups excluding tert-OH is 1. The molecular formula is C17H14N2O8. The number of esters is 1. The first kappa shape index (κ1) is 18.3. The highest BCUT2D eigenvalue weighted by atomic mass is 16.7. The van der Waals surface area contributed by atoms with E-state index in [9.17, 15) is 19.7 Å². The van der Waals surface area contributed by atoms with Crippen LogP contribution in [0.2, 0.25) is 0 Å². The Balaban J connectivity index is 2.23. The number of aromatic nitrogens is 1. The van der Waals surface area contributed by atoms with Gasteiger partial charge in [-0.3, -0.25) is 10.1 Å². The van der Waals surface area contributed by atoms with Gasteiger partial charge in [-0.1, -0.05) is 12.1 Å². The van der Waals surface area contributed by atoms with Crippen molar-refractivity contribution in [3.63, 3.8) is 0 Å². The highest BCUT2D eigenvalue weighted by molar-refractivity contribution is 6.03. The van der Waals surface area contributed by atoms with Gasteiger partial charge in [-0.2, -0.15) is 0 Å². The lowest BCUT2D eigenvalue weighted by Gasteiger charge is -2.15. The molecule has 0 spiro atoms. The van der Waals surface area contributed by atoms with E-state index >= 15 is 0 Å². The molecule has 27 heavy (non-hydrogen) atoms. The number of cyclic esters (lactones) is 1. The van der Waals surface area contributed by atoms with E-state index in [-0.39, 0.29) is 47.0 Å². The van der Waals surface area contributed by atoms with Crippen LogP contribution in [0.25, 0.3) is 11.1 Å². The number of pyridine rings is 1. The number of hydrogen-bond acceptors (Lipinski definition) is 9. The van der Waals surface area contributed by atoms with Crippen LogP contribution in [0.3, 0.4) is 0 Å². The van der Waals surface area contributed by atoms with E-state index in [1.54, 1.807) is 6.07 Å². The number of aliphatic hydroxyl groups is 1. The van der Waals surface area contributed by atoms with Crippen LogP contribution in [-0.4, -0.2) is 40.4 Å². The summed E-state index contributed by atoms with van der Waals surface area (Å²) >= 11 is 0. The zero-order valence-corrected chi connectivity index (χ0v) is 14.1. The third-order valence-electron chi connectivity index (χ3n) is 3.81. The quantitative estimate of drug-likeness (QED) is 0.474. The fraction of sp³-hybridized carbons (Fsp3) is 0.235. The molecular weight excluding hydrogens is 360 g/mol. The minimum atomic E-state index is -1.14. The average molecular weight is 374 g/mol. The molecule has 140 valence electrons. The summed E-state index contributed by atoms with van der Waals surface area (Å²) in [4.78, 5) is 39.1. The van der Waals surface area contributed by atoms with Crippen LogP contribution in [0.4, 0.5) is 10.5 Å². The van der Waals surface area contributed by atoms with Crippen molar-refractivity contribution in [2.75, 3.05) is 13.2 Å². The molecule has 0 bridgehead atoms. The van der Waals surface area contributed by atoms with Gasteiger partial charge in [0, 0.05) is 6.07 Å². The minimum absolute atomic E-state index is 0.000131. The number of nitro groups is 1. The third kappa shape index (κ3) is 3.42. The van der Waals surface area contributed by atoms with E-state index in [0.29, 0.717) is 5.69 Å². The fourth-order valence-corrected chi connectivity index (χ4v) is 2.75. The molecule has 0 amide bonds. The van der Waals surface area contributed by atoms with Crippen molar-refractivity contribution in [3.8, 4) is 16.9 Å². The summed E-state index contributed by atoms with van der Waals surface area (Å²) < 4.78 is 14.8. The van der Waals surface area contributed by atoms with E-state index in [4.69, 9.17) is 14.6 Å². The van der Waals surface area contributed by atoms with Gasteiger partial charge in [0.1, 0.15) is 13.2 Å². The Morgan fingerprint density at radius 1 is 1.37 bits per heavy atom. The van der Waals surface area contributed by atoms with Gasteiger partial charge in [-0.15, -0.1) is 0 Å². The van der Waals surface area contributed by atoms with Crippen LogP contribution >= 0.6 is 0 Å². The molecule has 1 aromatic carbocycles. The summed E-state index contributed by atoms with van der Waals surface area (Å²) in [7, 11) is 0. The Labute approximate surface area is 152 Å². The molecule has 1 N–H and O–H groups in total. The van der Waals surface area contributed by atoms with Gasteiger partial charge in [-0.05, 0) is 13.0 Å². The number of ether oxygens (including phenoxy) is 3. The number of carbonyl (C=O) groups excluding carboxylic acids is 2. The predicted octanol–water partition coefficient (Wildman–Crippen LogP) is 2.14. The van der Waals surface area contributed by atoms with Crippen molar-refractivity contribution < 1.29 is 33.8 Å². The molecule has 0 radical (unpaired) electrons. The molecule has 0 fully saturated rings. The molecule has 1 aliphatic heterocycles. The molecule has 1 aliphatic rings. The average Bonchev–Trinajstić information content (AvgIpc) is 3.01. The van der Waals surface area contributed by atoms with Crippen molar-refractivity contribution in [1.29, 1.82) is 0 Å². The van der Waals surface area contributed by atoms with Crippen molar-refractivity contribution in [3.05, 3.63) is 51.3 Å². The number of aryl methyl sites for hydroxylation is 1. The summed E-state index contributed by atoms with van der Waals surface area (Å²) in [5.41, 5.74) is 0.350. The largest absolute Gasteiger partial charge is 0.514 e. The van der Waals surface area contributed by atoms with Gasteiger partial charge < -0.3 is 19.3 Å². The summed E-state index contributed by atoms with van der Waals surface area (Å²) in [6, 6.07) is 5.74. The highest BCUT2D eigenvalue weighted by Crippen LogP contribution is 2.43. The summed E-state index contributed by atoms with van der Waals surface area (Å²) in [5.74, 6) is -0.871. The molecule has 2 aromatic rings. The van der Waals surface area contributed by atoms with Gasteiger partial charge in [0.2, 0.25) is 0 Å². The number of fused-ring (bicyclic) bond motifs is 1. The smallest absolute Gasteiger partial charge is 0.455 e. The topological polar surface area (TPSA) is 138 Å². The zero-order valence-electron chi connectivity index (χ0n) is 14.1. The van der Waals surface area contributed by atoms with E-state index in [0.717, 1.165) is 0 Å². The third-order valence-corrected chi connectivity index (χ3v) is 3.81. The second-order valence-corrected chi connectivity index (χ2v) is 5.50. The van der Waals surface area contributed by atoms with E-state index in [1.165, 1.54) is 25.1 Å². The lowest BCUT2D eigenvalue weighted by Crippen LogP contribution is -2.16. The predicted molar refractivity (Wildman–Crippen MR) is 89.2 cm³/mol. The molecule has 3 rings (SSSR count).